The summed E-state index contributed by atoms with van der Waals surface area (Å²) in [6, 6.07) is 4.81. The van der Waals surface area contributed by atoms with Crippen LogP contribution in [0.1, 0.15) is 19.4 Å². The lowest BCUT2D eigenvalue weighted by atomic mass is 10.1. The minimum Gasteiger partial charge on any atom is -0.398 e. The van der Waals surface area contributed by atoms with Gasteiger partial charge in [-0.2, -0.15) is 0 Å². The highest BCUT2D eigenvalue weighted by Crippen LogP contribution is 2.32. The van der Waals surface area contributed by atoms with Gasteiger partial charge >= 0.3 is 0 Å². The van der Waals surface area contributed by atoms with Crippen molar-refractivity contribution in [3.8, 4) is 0 Å². The average molecular weight is 312 g/mol. The molecule has 0 bridgehead atoms. The number of aryl methyl sites for hydroxylation is 1. The molecule has 1 aromatic carbocycles. The number of anilines is 2. The van der Waals surface area contributed by atoms with Crippen molar-refractivity contribution in [3.63, 3.8) is 0 Å². The predicted octanol–water partition coefficient (Wildman–Crippen LogP) is 2.87. The Morgan fingerprint density at radius 3 is 2.72 bits per heavy atom. The van der Waals surface area contributed by atoms with Crippen molar-refractivity contribution in [2.45, 2.75) is 26.8 Å². The zero-order valence-corrected chi connectivity index (χ0v) is 13.0. The number of benzene rings is 1. The summed E-state index contributed by atoms with van der Waals surface area (Å²) in [7, 11) is 0. The molecule has 1 heterocycles. The third-order valence-electron chi connectivity index (χ3n) is 3.85. The Hall–Kier alpha value is -0.740. The van der Waals surface area contributed by atoms with Crippen LogP contribution in [0.4, 0.5) is 11.4 Å². The number of halogens is 1. The first-order valence-corrected chi connectivity index (χ1v) is 7.36. The Balaban J connectivity index is 2.20. The fourth-order valence-corrected chi connectivity index (χ4v) is 3.22. The van der Waals surface area contributed by atoms with Gasteiger partial charge in [-0.3, -0.25) is 4.90 Å². The van der Waals surface area contributed by atoms with Crippen molar-refractivity contribution in [3.05, 3.63) is 22.2 Å². The number of piperazine rings is 1. The van der Waals surface area contributed by atoms with Crippen LogP contribution in [0, 0.1) is 6.92 Å². The number of rotatable bonds is 2. The Labute approximate surface area is 118 Å². The van der Waals surface area contributed by atoms with Crippen molar-refractivity contribution < 1.29 is 0 Å². The zero-order valence-electron chi connectivity index (χ0n) is 11.4. The second-order valence-electron chi connectivity index (χ2n) is 5.08. The Kier molecular flexibility index (Phi) is 4.17. The molecule has 100 valence electrons. The molecule has 0 radical (unpaired) electrons. The topological polar surface area (TPSA) is 32.5 Å². The van der Waals surface area contributed by atoms with Gasteiger partial charge in [-0.25, -0.2) is 0 Å². The second-order valence-corrected chi connectivity index (χ2v) is 5.94. The van der Waals surface area contributed by atoms with E-state index in [4.69, 9.17) is 5.73 Å². The SMILES string of the molecule is CCN1CCN(c2cc(C)c(N)cc2Br)CC1C. The predicted molar refractivity (Wildman–Crippen MR) is 82.2 cm³/mol. The molecule has 1 atom stereocenters. The fraction of sp³-hybridized carbons (Fsp3) is 0.571. The van der Waals surface area contributed by atoms with E-state index in [0.29, 0.717) is 6.04 Å². The van der Waals surface area contributed by atoms with Gasteiger partial charge in [0.05, 0.1) is 5.69 Å². The van der Waals surface area contributed by atoms with Crippen LogP contribution in [0.3, 0.4) is 0 Å². The third-order valence-corrected chi connectivity index (χ3v) is 4.48. The van der Waals surface area contributed by atoms with E-state index in [9.17, 15) is 0 Å². The van der Waals surface area contributed by atoms with Crippen molar-refractivity contribution >= 4 is 27.3 Å². The van der Waals surface area contributed by atoms with Gasteiger partial charge < -0.3 is 10.6 Å². The first kappa shape index (κ1) is 13.7. The molecule has 2 rings (SSSR count). The molecule has 0 aromatic heterocycles. The molecular weight excluding hydrogens is 290 g/mol. The first-order chi connectivity index (χ1) is 8.52. The maximum Gasteiger partial charge on any atom is 0.0515 e. The lowest BCUT2D eigenvalue weighted by Crippen LogP contribution is -2.51. The summed E-state index contributed by atoms with van der Waals surface area (Å²) in [4.78, 5) is 4.97. The van der Waals surface area contributed by atoms with Gasteiger partial charge in [-0.1, -0.05) is 6.92 Å². The van der Waals surface area contributed by atoms with Gasteiger partial charge in [0.2, 0.25) is 0 Å². The monoisotopic (exact) mass is 311 g/mol. The van der Waals surface area contributed by atoms with E-state index in [2.05, 4.69) is 52.6 Å². The quantitative estimate of drug-likeness (QED) is 0.852. The molecule has 1 aromatic rings. The number of hydrogen-bond acceptors (Lipinski definition) is 3. The van der Waals surface area contributed by atoms with E-state index >= 15 is 0 Å². The van der Waals surface area contributed by atoms with Crippen LogP contribution >= 0.6 is 15.9 Å². The number of nitrogens with two attached hydrogens (primary N) is 1. The van der Waals surface area contributed by atoms with Gasteiger partial charge in [0.1, 0.15) is 0 Å². The Morgan fingerprint density at radius 2 is 2.11 bits per heavy atom. The van der Waals surface area contributed by atoms with E-state index in [0.717, 1.165) is 41.9 Å². The number of hydrogen-bond donors (Lipinski definition) is 1. The summed E-state index contributed by atoms with van der Waals surface area (Å²) >= 11 is 3.63. The van der Waals surface area contributed by atoms with Crippen LogP contribution in [0.15, 0.2) is 16.6 Å². The van der Waals surface area contributed by atoms with Crippen molar-refractivity contribution in [1.29, 1.82) is 0 Å². The zero-order chi connectivity index (χ0) is 13.3. The van der Waals surface area contributed by atoms with Gasteiger partial charge in [0.15, 0.2) is 0 Å². The Bertz CT molecular complexity index is 433. The number of nitrogen functional groups attached to an aromatic ring is 1. The highest BCUT2D eigenvalue weighted by Gasteiger charge is 2.23. The van der Waals surface area contributed by atoms with E-state index in [-0.39, 0.29) is 0 Å². The standard InChI is InChI=1S/C14H22BrN3/c1-4-17-5-6-18(9-11(17)3)14-7-10(2)13(16)8-12(14)15/h7-8,11H,4-6,9,16H2,1-3H3. The van der Waals surface area contributed by atoms with Crippen LogP contribution in [-0.4, -0.2) is 37.1 Å². The van der Waals surface area contributed by atoms with Crippen LogP contribution < -0.4 is 10.6 Å². The summed E-state index contributed by atoms with van der Waals surface area (Å²) in [6.45, 7) is 11.0. The summed E-state index contributed by atoms with van der Waals surface area (Å²) in [5, 5.41) is 0. The molecule has 1 saturated heterocycles. The molecule has 1 fully saturated rings. The molecule has 1 unspecified atom stereocenters. The lowest BCUT2D eigenvalue weighted by Gasteiger charge is -2.41. The van der Waals surface area contributed by atoms with E-state index < -0.39 is 0 Å². The van der Waals surface area contributed by atoms with Crippen molar-refractivity contribution in [2.24, 2.45) is 0 Å². The van der Waals surface area contributed by atoms with Crippen LogP contribution in [0.2, 0.25) is 0 Å². The second kappa shape index (κ2) is 5.49. The maximum absolute atomic E-state index is 5.93. The molecule has 18 heavy (non-hydrogen) atoms. The van der Waals surface area contributed by atoms with E-state index in [1.54, 1.807) is 0 Å². The maximum atomic E-state index is 5.93. The molecule has 2 N–H and O–H groups in total. The molecule has 3 nitrogen and oxygen atoms in total. The summed E-state index contributed by atoms with van der Waals surface area (Å²) in [5.74, 6) is 0. The van der Waals surface area contributed by atoms with Crippen molar-refractivity contribution in [1.82, 2.24) is 4.90 Å². The molecule has 0 aliphatic carbocycles. The fourth-order valence-electron chi connectivity index (χ4n) is 2.61. The minimum absolute atomic E-state index is 0.605. The van der Waals surface area contributed by atoms with Gasteiger partial charge in [0, 0.05) is 35.8 Å². The Morgan fingerprint density at radius 1 is 1.39 bits per heavy atom. The third kappa shape index (κ3) is 2.64. The molecular formula is C14H22BrN3. The average Bonchev–Trinajstić information content (AvgIpc) is 2.33. The summed E-state index contributed by atoms with van der Waals surface area (Å²) < 4.78 is 1.10. The van der Waals surface area contributed by atoms with E-state index in [1.807, 2.05) is 6.07 Å². The van der Waals surface area contributed by atoms with Gasteiger partial charge in [-0.15, -0.1) is 0 Å². The normalized spacial score (nSPS) is 21.3. The number of nitrogens with zero attached hydrogens (tertiary/aromatic N) is 2. The summed E-state index contributed by atoms with van der Waals surface area (Å²) in [5.41, 5.74) is 9.21. The smallest absolute Gasteiger partial charge is 0.0515 e. The minimum atomic E-state index is 0.605. The van der Waals surface area contributed by atoms with Gasteiger partial charge in [0.25, 0.3) is 0 Å². The molecule has 1 aliphatic heterocycles. The van der Waals surface area contributed by atoms with Crippen LogP contribution in [-0.2, 0) is 0 Å². The van der Waals surface area contributed by atoms with E-state index in [1.165, 1.54) is 5.69 Å². The van der Waals surface area contributed by atoms with Crippen LogP contribution in [0.5, 0.6) is 0 Å². The van der Waals surface area contributed by atoms with Crippen LogP contribution in [0.25, 0.3) is 0 Å². The van der Waals surface area contributed by atoms with Gasteiger partial charge in [-0.05, 0) is 54.0 Å². The van der Waals surface area contributed by atoms with Crippen molar-refractivity contribution in [2.75, 3.05) is 36.8 Å². The lowest BCUT2D eigenvalue weighted by molar-refractivity contribution is 0.199. The first-order valence-electron chi connectivity index (χ1n) is 6.57. The summed E-state index contributed by atoms with van der Waals surface area (Å²) in [6.07, 6.45) is 0. The largest absolute Gasteiger partial charge is 0.398 e. The molecule has 0 spiro atoms. The highest BCUT2D eigenvalue weighted by atomic mass is 79.9. The number of likely N-dealkylation sites (N-methyl/N-ethyl adjacent to an activating group) is 1. The highest BCUT2D eigenvalue weighted by molar-refractivity contribution is 9.10. The molecule has 4 heteroatoms. The molecule has 0 amide bonds. The molecule has 0 saturated carbocycles. The molecule has 1 aliphatic rings.